The number of nitrogens with one attached hydrogen (secondary N) is 1. The normalized spacial score (nSPS) is 14.8. The van der Waals surface area contributed by atoms with Crippen LogP contribution in [0.4, 0.5) is 10.1 Å². The quantitative estimate of drug-likeness (QED) is 0.520. The molecule has 1 aliphatic heterocycles. The van der Waals surface area contributed by atoms with E-state index in [-0.39, 0.29) is 5.82 Å². The fourth-order valence-corrected chi connectivity index (χ4v) is 4.00. The van der Waals surface area contributed by atoms with Gasteiger partial charge in [0.2, 0.25) is 0 Å². The Kier molecular flexibility index (Phi) is 7.33. The Morgan fingerprint density at radius 2 is 1.84 bits per heavy atom. The SMILES string of the molecule is CCCc1nc(-c2ccccc2)c(CNCCN2CCN(c3cccc(F)c3)CC2)o1. The van der Waals surface area contributed by atoms with E-state index in [1.165, 1.54) is 6.07 Å². The number of piperazine rings is 1. The molecule has 5 nitrogen and oxygen atoms in total. The van der Waals surface area contributed by atoms with Crippen molar-refractivity contribution in [3.8, 4) is 11.3 Å². The first kappa shape index (κ1) is 21.5. The Morgan fingerprint density at radius 1 is 1.03 bits per heavy atom. The summed E-state index contributed by atoms with van der Waals surface area (Å²) in [4.78, 5) is 9.43. The second kappa shape index (κ2) is 10.6. The molecule has 1 fully saturated rings. The minimum Gasteiger partial charge on any atom is -0.444 e. The fourth-order valence-electron chi connectivity index (χ4n) is 4.00. The summed E-state index contributed by atoms with van der Waals surface area (Å²) in [6.07, 6.45) is 1.87. The van der Waals surface area contributed by atoms with Gasteiger partial charge in [-0.2, -0.15) is 0 Å². The van der Waals surface area contributed by atoms with Crippen molar-refractivity contribution in [2.45, 2.75) is 26.3 Å². The fraction of sp³-hybridized carbons (Fsp3) is 0.400. The average Bonchev–Trinajstić information content (AvgIpc) is 3.21. The molecule has 0 amide bonds. The molecular formula is C25H31FN4O. The first-order valence-electron chi connectivity index (χ1n) is 11.2. The second-order valence-electron chi connectivity index (χ2n) is 7.98. The van der Waals surface area contributed by atoms with E-state index < -0.39 is 0 Å². The van der Waals surface area contributed by atoms with E-state index in [9.17, 15) is 4.39 Å². The van der Waals surface area contributed by atoms with Crippen molar-refractivity contribution in [1.82, 2.24) is 15.2 Å². The maximum absolute atomic E-state index is 13.5. The highest BCUT2D eigenvalue weighted by molar-refractivity contribution is 5.61. The maximum Gasteiger partial charge on any atom is 0.195 e. The second-order valence-corrected chi connectivity index (χ2v) is 7.98. The number of rotatable bonds is 9. The zero-order valence-corrected chi connectivity index (χ0v) is 18.2. The molecule has 0 bridgehead atoms. The third-order valence-corrected chi connectivity index (χ3v) is 5.69. The molecule has 1 saturated heterocycles. The number of aromatic nitrogens is 1. The summed E-state index contributed by atoms with van der Waals surface area (Å²) in [6.45, 7) is 8.48. The molecule has 1 aromatic heterocycles. The Balaban J connectivity index is 1.26. The van der Waals surface area contributed by atoms with Gasteiger partial charge in [0.25, 0.3) is 0 Å². The van der Waals surface area contributed by atoms with Crippen molar-refractivity contribution in [3.05, 3.63) is 72.1 Å². The minimum absolute atomic E-state index is 0.173. The first-order chi connectivity index (χ1) is 15.2. The predicted octanol–water partition coefficient (Wildman–Crippen LogP) is 4.35. The highest BCUT2D eigenvalue weighted by atomic mass is 19.1. The van der Waals surface area contributed by atoms with Crippen LogP contribution in [0.3, 0.4) is 0 Å². The van der Waals surface area contributed by atoms with Gasteiger partial charge in [0.1, 0.15) is 17.3 Å². The van der Waals surface area contributed by atoms with Crippen molar-refractivity contribution in [1.29, 1.82) is 0 Å². The van der Waals surface area contributed by atoms with E-state index in [1.54, 1.807) is 12.1 Å². The van der Waals surface area contributed by atoms with E-state index in [0.717, 1.165) is 80.7 Å². The summed E-state index contributed by atoms with van der Waals surface area (Å²) in [7, 11) is 0. The molecule has 0 atom stereocenters. The number of benzene rings is 2. The van der Waals surface area contributed by atoms with Crippen LogP contribution in [0.25, 0.3) is 11.3 Å². The zero-order valence-electron chi connectivity index (χ0n) is 18.2. The van der Waals surface area contributed by atoms with Gasteiger partial charge in [0, 0.05) is 56.9 Å². The Labute approximate surface area is 183 Å². The summed E-state index contributed by atoms with van der Waals surface area (Å²) in [5.74, 6) is 1.55. The van der Waals surface area contributed by atoms with Crippen LogP contribution in [0.2, 0.25) is 0 Å². The number of hydrogen-bond acceptors (Lipinski definition) is 5. The summed E-state index contributed by atoms with van der Waals surface area (Å²) < 4.78 is 19.5. The molecule has 0 spiro atoms. The van der Waals surface area contributed by atoms with Crippen molar-refractivity contribution in [2.24, 2.45) is 0 Å². The molecule has 3 aromatic rings. The summed E-state index contributed by atoms with van der Waals surface area (Å²) in [5, 5.41) is 3.53. The molecule has 164 valence electrons. The number of halogens is 1. The van der Waals surface area contributed by atoms with Crippen LogP contribution in [0.5, 0.6) is 0 Å². The molecule has 0 saturated carbocycles. The summed E-state index contributed by atoms with van der Waals surface area (Å²) in [6, 6.07) is 17.1. The van der Waals surface area contributed by atoms with Gasteiger partial charge < -0.3 is 14.6 Å². The van der Waals surface area contributed by atoms with E-state index in [1.807, 2.05) is 24.3 Å². The number of oxazole rings is 1. The minimum atomic E-state index is -0.173. The lowest BCUT2D eigenvalue weighted by molar-refractivity contribution is 0.256. The first-order valence-corrected chi connectivity index (χ1v) is 11.2. The molecule has 31 heavy (non-hydrogen) atoms. The molecule has 0 unspecified atom stereocenters. The molecule has 0 radical (unpaired) electrons. The summed E-state index contributed by atoms with van der Waals surface area (Å²) in [5.41, 5.74) is 3.01. The molecule has 2 heterocycles. The molecule has 2 aromatic carbocycles. The highest BCUT2D eigenvalue weighted by Gasteiger charge is 2.18. The Bertz CT molecular complexity index is 951. The molecular weight excluding hydrogens is 391 g/mol. The average molecular weight is 423 g/mol. The lowest BCUT2D eigenvalue weighted by Gasteiger charge is -2.36. The predicted molar refractivity (Wildman–Crippen MR) is 123 cm³/mol. The number of hydrogen-bond donors (Lipinski definition) is 1. The van der Waals surface area contributed by atoms with E-state index in [2.05, 4.69) is 34.2 Å². The Hall–Kier alpha value is -2.70. The molecule has 4 rings (SSSR count). The number of nitrogens with zero attached hydrogens (tertiary/aromatic N) is 3. The molecule has 1 aliphatic rings. The van der Waals surface area contributed by atoms with Gasteiger partial charge in [-0.1, -0.05) is 43.3 Å². The monoisotopic (exact) mass is 422 g/mol. The van der Waals surface area contributed by atoms with Crippen molar-refractivity contribution >= 4 is 5.69 Å². The smallest absolute Gasteiger partial charge is 0.195 e. The zero-order chi connectivity index (χ0) is 21.5. The van der Waals surface area contributed by atoms with Gasteiger partial charge in [-0.3, -0.25) is 4.90 Å². The van der Waals surface area contributed by atoms with Crippen LogP contribution in [-0.2, 0) is 13.0 Å². The topological polar surface area (TPSA) is 44.5 Å². The third-order valence-electron chi connectivity index (χ3n) is 5.69. The Morgan fingerprint density at radius 3 is 2.58 bits per heavy atom. The summed E-state index contributed by atoms with van der Waals surface area (Å²) >= 11 is 0. The third kappa shape index (κ3) is 5.71. The van der Waals surface area contributed by atoms with Gasteiger partial charge >= 0.3 is 0 Å². The van der Waals surface area contributed by atoms with Crippen LogP contribution in [0, 0.1) is 5.82 Å². The number of aryl methyl sites for hydroxylation is 1. The number of anilines is 1. The largest absolute Gasteiger partial charge is 0.444 e. The van der Waals surface area contributed by atoms with Gasteiger partial charge in [0.05, 0.1) is 6.54 Å². The van der Waals surface area contributed by atoms with Crippen molar-refractivity contribution in [2.75, 3.05) is 44.2 Å². The molecule has 6 heteroatoms. The van der Waals surface area contributed by atoms with Crippen molar-refractivity contribution < 1.29 is 8.81 Å². The maximum atomic E-state index is 13.5. The molecule has 1 N–H and O–H groups in total. The van der Waals surface area contributed by atoms with Crippen LogP contribution in [-0.4, -0.2) is 49.2 Å². The van der Waals surface area contributed by atoms with Gasteiger partial charge in [-0.25, -0.2) is 9.37 Å². The van der Waals surface area contributed by atoms with Crippen LogP contribution in [0.15, 0.2) is 59.0 Å². The van der Waals surface area contributed by atoms with Gasteiger partial charge in [-0.15, -0.1) is 0 Å². The van der Waals surface area contributed by atoms with Crippen LogP contribution in [0.1, 0.15) is 25.0 Å². The van der Waals surface area contributed by atoms with Crippen molar-refractivity contribution in [3.63, 3.8) is 0 Å². The van der Waals surface area contributed by atoms with E-state index >= 15 is 0 Å². The van der Waals surface area contributed by atoms with Gasteiger partial charge in [0.15, 0.2) is 5.89 Å². The van der Waals surface area contributed by atoms with Crippen LogP contribution >= 0.6 is 0 Å². The molecule has 0 aliphatic carbocycles. The van der Waals surface area contributed by atoms with E-state index in [0.29, 0.717) is 6.54 Å². The van der Waals surface area contributed by atoms with Gasteiger partial charge in [-0.05, 0) is 24.6 Å². The standard InChI is InChI=1S/C25H31FN4O/c1-2-7-24-28-25(20-8-4-3-5-9-20)23(31-24)19-27-12-13-29-14-16-30(17-15-29)22-11-6-10-21(26)18-22/h3-6,8-11,18,27H,2,7,12-17,19H2,1H3. The lowest BCUT2D eigenvalue weighted by atomic mass is 10.1. The van der Waals surface area contributed by atoms with E-state index in [4.69, 9.17) is 9.40 Å². The van der Waals surface area contributed by atoms with Crippen LogP contribution < -0.4 is 10.2 Å². The lowest BCUT2D eigenvalue weighted by Crippen LogP contribution is -2.48. The highest BCUT2D eigenvalue weighted by Crippen LogP contribution is 2.24.